The number of benzene rings is 3. The molecule has 0 radical (unpaired) electrons. The van der Waals surface area contributed by atoms with E-state index in [1.165, 1.54) is 28.5 Å². The summed E-state index contributed by atoms with van der Waals surface area (Å²) in [6.07, 6.45) is 1.52. The van der Waals surface area contributed by atoms with Gasteiger partial charge in [0.1, 0.15) is 10.9 Å². The fourth-order valence-electron chi connectivity index (χ4n) is 4.01. The molecule has 1 amide bonds. The fraction of sp³-hybridized carbons (Fsp3) is 0.115. The summed E-state index contributed by atoms with van der Waals surface area (Å²) >= 11 is 7.89. The van der Waals surface area contributed by atoms with E-state index in [0.717, 1.165) is 10.9 Å². The molecule has 0 aliphatic heterocycles. The molecule has 1 aromatic heterocycles. The molecule has 0 saturated heterocycles. The van der Waals surface area contributed by atoms with Gasteiger partial charge in [-0.25, -0.2) is 10.4 Å². The molecule has 3 aromatic carbocycles. The zero-order valence-electron chi connectivity index (χ0n) is 17.8. The van der Waals surface area contributed by atoms with Crippen molar-refractivity contribution in [3.8, 4) is 16.9 Å². The molecule has 0 unspecified atom stereocenters. The molecular weight excluding hydrogens is 454 g/mol. The van der Waals surface area contributed by atoms with Crippen LogP contribution in [0.2, 0.25) is 5.15 Å². The van der Waals surface area contributed by atoms with E-state index in [2.05, 4.69) is 39.8 Å². The first kappa shape index (κ1) is 21.5. The maximum absolute atomic E-state index is 12.5. The van der Waals surface area contributed by atoms with E-state index in [4.69, 9.17) is 16.3 Å². The lowest BCUT2D eigenvalue weighted by Gasteiger charge is -2.12. The molecule has 33 heavy (non-hydrogen) atoms. The molecule has 0 saturated carbocycles. The number of thioether (sulfide) groups is 1. The molecule has 0 fully saturated rings. The second kappa shape index (κ2) is 9.25. The van der Waals surface area contributed by atoms with E-state index in [-0.39, 0.29) is 16.9 Å². The number of aromatic nitrogens is 1. The van der Waals surface area contributed by atoms with Crippen LogP contribution >= 0.6 is 23.4 Å². The van der Waals surface area contributed by atoms with Crippen LogP contribution in [0.25, 0.3) is 22.0 Å². The number of fused-ring (bicyclic) bond motifs is 4. The van der Waals surface area contributed by atoms with Gasteiger partial charge in [0.2, 0.25) is 5.91 Å². The highest BCUT2D eigenvalue weighted by atomic mass is 35.5. The van der Waals surface area contributed by atoms with Crippen molar-refractivity contribution in [2.75, 3.05) is 12.9 Å². The van der Waals surface area contributed by atoms with Gasteiger partial charge < -0.3 is 4.74 Å². The molecule has 4 aromatic rings. The summed E-state index contributed by atoms with van der Waals surface area (Å²) in [6, 6.07) is 24.2. The van der Waals surface area contributed by atoms with E-state index in [1.54, 1.807) is 18.9 Å². The Morgan fingerprint density at radius 1 is 1.09 bits per heavy atom. The number of rotatable bonds is 6. The van der Waals surface area contributed by atoms with Crippen molar-refractivity contribution >= 4 is 46.4 Å². The molecule has 0 spiro atoms. The summed E-state index contributed by atoms with van der Waals surface area (Å²) in [5.41, 5.74) is 8.91. The number of carbonyl (C=O) groups is 1. The molecule has 164 valence electrons. The third-order valence-corrected chi connectivity index (χ3v) is 7.13. The Labute approximate surface area is 200 Å². The molecule has 5 rings (SSSR count). The Morgan fingerprint density at radius 2 is 1.79 bits per heavy atom. The molecule has 7 heteroatoms. The highest BCUT2D eigenvalue weighted by molar-refractivity contribution is 8.00. The predicted molar refractivity (Wildman–Crippen MR) is 135 cm³/mol. The number of ether oxygens (including phenoxy) is 1. The second-order valence-corrected chi connectivity index (χ2v) is 9.04. The van der Waals surface area contributed by atoms with Gasteiger partial charge in [0.05, 0.1) is 29.8 Å². The van der Waals surface area contributed by atoms with Crippen molar-refractivity contribution in [1.82, 2.24) is 10.4 Å². The first-order chi connectivity index (χ1) is 16.1. The van der Waals surface area contributed by atoms with Gasteiger partial charge in [-0.05, 0) is 40.5 Å². The van der Waals surface area contributed by atoms with E-state index < -0.39 is 0 Å². The maximum Gasteiger partial charge on any atom is 0.250 e. The number of hydrazone groups is 1. The topological polar surface area (TPSA) is 63.6 Å². The smallest absolute Gasteiger partial charge is 0.250 e. The highest BCUT2D eigenvalue weighted by Crippen LogP contribution is 2.49. The standard InChI is InChI=1S/C26H20ClN3O2S/c1-32-18-11-10-16-12-17(26(27)29-23(16)13-18)14-28-30-24(31)15-33-25-21-8-4-2-6-19(21)20-7-3-5-9-22(20)25/h2-14,25H,15H2,1H3,(H,30,31)/b28-14+. The Hall–Kier alpha value is -3.35. The Kier molecular flexibility index (Phi) is 6.03. The number of halogens is 1. The summed E-state index contributed by atoms with van der Waals surface area (Å²) < 4.78 is 5.22. The largest absolute Gasteiger partial charge is 0.497 e. The minimum atomic E-state index is -0.173. The van der Waals surface area contributed by atoms with Gasteiger partial charge in [-0.3, -0.25) is 4.79 Å². The van der Waals surface area contributed by atoms with Crippen LogP contribution in [-0.4, -0.2) is 30.0 Å². The molecule has 1 aliphatic rings. The van der Waals surface area contributed by atoms with Gasteiger partial charge in [0.15, 0.2) is 0 Å². The second-order valence-electron chi connectivity index (χ2n) is 7.59. The Balaban J connectivity index is 1.25. The lowest BCUT2D eigenvalue weighted by Crippen LogP contribution is -2.20. The van der Waals surface area contributed by atoms with Crippen LogP contribution < -0.4 is 10.2 Å². The third kappa shape index (κ3) is 4.32. The predicted octanol–water partition coefficient (Wildman–Crippen LogP) is 5.85. The SMILES string of the molecule is COc1ccc2cc(/C=N/NC(=O)CSC3c4ccccc4-c4ccccc43)c(Cl)nc2c1. The van der Waals surface area contributed by atoms with Crippen molar-refractivity contribution in [3.05, 3.63) is 94.6 Å². The van der Waals surface area contributed by atoms with Gasteiger partial charge in [-0.15, -0.1) is 11.8 Å². The molecule has 0 atom stereocenters. The van der Waals surface area contributed by atoms with E-state index in [0.29, 0.717) is 16.5 Å². The summed E-state index contributed by atoms with van der Waals surface area (Å²) in [4.78, 5) is 16.9. The Bertz CT molecular complexity index is 1340. The summed E-state index contributed by atoms with van der Waals surface area (Å²) in [7, 11) is 1.61. The van der Waals surface area contributed by atoms with Gasteiger partial charge in [-0.2, -0.15) is 5.10 Å². The van der Waals surface area contributed by atoms with Crippen molar-refractivity contribution in [2.24, 2.45) is 5.10 Å². The first-order valence-electron chi connectivity index (χ1n) is 10.4. The number of hydrogen-bond donors (Lipinski definition) is 1. The van der Waals surface area contributed by atoms with Crippen molar-refractivity contribution in [3.63, 3.8) is 0 Å². The van der Waals surface area contributed by atoms with Crippen molar-refractivity contribution in [1.29, 1.82) is 0 Å². The monoisotopic (exact) mass is 473 g/mol. The lowest BCUT2D eigenvalue weighted by atomic mass is 10.1. The zero-order valence-corrected chi connectivity index (χ0v) is 19.4. The third-order valence-electron chi connectivity index (χ3n) is 5.56. The van der Waals surface area contributed by atoms with E-state index >= 15 is 0 Å². The average molecular weight is 474 g/mol. The number of carbonyl (C=O) groups excluding carboxylic acids is 1. The lowest BCUT2D eigenvalue weighted by molar-refractivity contribution is -0.118. The van der Waals surface area contributed by atoms with Crippen molar-refractivity contribution < 1.29 is 9.53 Å². The normalized spacial score (nSPS) is 12.7. The number of nitrogens with zero attached hydrogens (tertiary/aromatic N) is 2. The first-order valence-corrected chi connectivity index (χ1v) is 11.8. The van der Waals surface area contributed by atoms with Crippen LogP contribution in [0.5, 0.6) is 5.75 Å². The summed E-state index contributed by atoms with van der Waals surface area (Å²) in [5, 5.41) is 5.43. The number of pyridine rings is 1. The van der Waals surface area contributed by atoms with Gasteiger partial charge in [0.25, 0.3) is 0 Å². The number of amides is 1. The van der Waals surface area contributed by atoms with Crippen LogP contribution in [0.1, 0.15) is 21.9 Å². The molecule has 1 aliphatic carbocycles. The zero-order chi connectivity index (χ0) is 22.8. The number of methoxy groups -OCH3 is 1. The minimum Gasteiger partial charge on any atom is -0.497 e. The van der Waals surface area contributed by atoms with Crippen LogP contribution in [0.15, 0.2) is 77.9 Å². The number of hydrogen-bond acceptors (Lipinski definition) is 5. The molecule has 5 nitrogen and oxygen atoms in total. The van der Waals surface area contributed by atoms with Crippen LogP contribution in [-0.2, 0) is 4.79 Å². The highest BCUT2D eigenvalue weighted by Gasteiger charge is 2.28. The van der Waals surface area contributed by atoms with Gasteiger partial charge in [0, 0.05) is 17.0 Å². The quantitative estimate of drug-likeness (QED) is 0.217. The molecule has 1 N–H and O–H groups in total. The Morgan fingerprint density at radius 3 is 2.48 bits per heavy atom. The molecular formula is C26H20ClN3O2S. The fourth-order valence-corrected chi connectivity index (χ4v) is 5.36. The van der Waals surface area contributed by atoms with Gasteiger partial charge in [-0.1, -0.05) is 60.1 Å². The summed E-state index contributed by atoms with van der Waals surface area (Å²) in [5.74, 6) is 0.825. The maximum atomic E-state index is 12.5. The van der Waals surface area contributed by atoms with Crippen LogP contribution in [0.3, 0.4) is 0 Å². The average Bonchev–Trinajstić information content (AvgIpc) is 3.16. The van der Waals surface area contributed by atoms with Crippen LogP contribution in [0, 0.1) is 0 Å². The number of nitrogens with one attached hydrogen (secondary N) is 1. The molecule has 1 heterocycles. The summed E-state index contributed by atoms with van der Waals surface area (Å²) in [6.45, 7) is 0. The molecule has 0 bridgehead atoms. The van der Waals surface area contributed by atoms with Crippen LogP contribution in [0.4, 0.5) is 0 Å². The van der Waals surface area contributed by atoms with E-state index in [1.807, 2.05) is 48.5 Å². The van der Waals surface area contributed by atoms with E-state index in [9.17, 15) is 4.79 Å². The van der Waals surface area contributed by atoms with Crippen molar-refractivity contribution in [2.45, 2.75) is 5.25 Å². The minimum absolute atomic E-state index is 0.128. The van der Waals surface area contributed by atoms with Gasteiger partial charge >= 0.3 is 0 Å².